The minimum atomic E-state index is -0.761. The van der Waals surface area contributed by atoms with Crippen molar-refractivity contribution in [2.75, 3.05) is 0 Å². The average molecular weight is 259 g/mol. The molecule has 0 amide bonds. The van der Waals surface area contributed by atoms with Crippen LogP contribution < -0.4 is 5.73 Å². The van der Waals surface area contributed by atoms with Gasteiger partial charge < -0.3 is 15.2 Å². The number of carbonyl (C=O) groups excluding carboxylic acids is 2. The summed E-state index contributed by atoms with van der Waals surface area (Å²) >= 11 is 0. The summed E-state index contributed by atoms with van der Waals surface area (Å²) in [5.41, 5.74) is 5.65. The molecule has 0 saturated heterocycles. The average Bonchev–Trinajstić information content (AvgIpc) is 2.35. The van der Waals surface area contributed by atoms with Crippen LogP contribution in [0.4, 0.5) is 0 Å². The van der Waals surface area contributed by atoms with Gasteiger partial charge in [-0.2, -0.15) is 0 Å². The first kappa shape index (κ1) is 16.9. The minimum Gasteiger partial charge on any atom is -0.463 e. The quantitative estimate of drug-likeness (QED) is 0.672. The summed E-state index contributed by atoms with van der Waals surface area (Å²) in [6.45, 7) is 7.50. The van der Waals surface area contributed by atoms with E-state index >= 15 is 0 Å². The fourth-order valence-electron chi connectivity index (χ4n) is 1.13. The van der Waals surface area contributed by atoms with Crippen LogP contribution in [-0.2, 0) is 19.1 Å². The maximum atomic E-state index is 11.5. The van der Waals surface area contributed by atoms with E-state index in [1.165, 1.54) is 0 Å². The summed E-state index contributed by atoms with van der Waals surface area (Å²) in [5, 5.41) is 0. The van der Waals surface area contributed by atoms with Crippen LogP contribution in [0.1, 0.15) is 53.4 Å². The van der Waals surface area contributed by atoms with Crippen molar-refractivity contribution < 1.29 is 19.1 Å². The van der Waals surface area contributed by atoms with Gasteiger partial charge in [0.15, 0.2) is 0 Å². The molecular weight excluding hydrogens is 234 g/mol. The fraction of sp³-hybridized carbons (Fsp3) is 0.846. The van der Waals surface area contributed by atoms with Crippen molar-refractivity contribution in [2.24, 2.45) is 5.73 Å². The highest BCUT2D eigenvalue weighted by atomic mass is 16.5. The number of hydrogen-bond acceptors (Lipinski definition) is 5. The Balaban J connectivity index is 3.91. The van der Waals surface area contributed by atoms with Crippen molar-refractivity contribution in [1.29, 1.82) is 0 Å². The molecule has 0 aromatic carbocycles. The van der Waals surface area contributed by atoms with Crippen LogP contribution in [0.2, 0.25) is 0 Å². The second-order valence-electron chi connectivity index (χ2n) is 4.51. The molecular formula is C13H25NO4. The van der Waals surface area contributed by atoms with Crippen LogP contribution in [0.25, 0.3) is 0 Å². The second-order valence-corrected chi connectivity index (χ2v) is 4.51. The highest BCUT2D eigenvalue weighted by Crippen LogP contribution is 2.05. The van der Waals surface area contributed by atoms with Crippen LogP contribution in [0.3, 0.4) is 0 Å². The van der Waals surface area contributed by atoms with Gasteiger partial charge in [-0.15, -0.1) is 0 Å². The van der Waals surface area contributed by atoms with Crippen molar-refractivity contribution in [3.63, 3.8) is 0 Å². The van der Waals surface area contributed by atoms with E-state index in [0.717, 1.165) is 12.8 Å². The van der Waals surface area contributed by atoms with E-state index in [0.29, 0.717) is 0 Å². The molecule has 5 nitrogen and oxygen atoms in total. The Morgan fingerprint density at radius 1 is 1.06 bits per heavy atom. The van der Waals surface area contributed by atoms with Gasteiger partial charge >= 0.3 is 11.9 Å². The molecule has 0 aromatic rings. The molecule has 0 aliphatic heterocycles. The van der Waals surface area contributed by atoms with E-state index in [1.54, 1.807) is 0 Å². The predicted molar refractivity (Wildman–Crippen MR) is 68.9 cm³/mol. The van der Waals surface area contributed by atoms with Crippen molar-refractivity contribution in [3.8, 4) is 0 Å². The lowest BCUT2D eigenvalue weighted by Crippen LogP contribution is -2.35. The molecule has 18 heavy (non-hydrogen) atoms. The van der Waals surface area contributed by atoms with Crippen molar-refractivity contribution in [2.45, 2.75) is 71.6 Å². The molecule has 0 aliphatic carbocycles. The number of rotatable bonds is 8. The van der Waals surface area contributed by atoms with Gasteiger partial charge in [0.25, 0.3) is 0 Å². The standard InChI is InChI=1S/C13H25NO4/c1-5-9(3)17-12(15)8-7-11(14)13(16)18-10(4)6-2/h9-11H,5-8,14H2,1-4H3. The molecule has 5 heteroatoms. The fourth-order valence-corrected chi connectivity index (χ4v) is 1.13. The highest BCUT2D eigenvalue weighted by Gasteiger charge is 2.19. The smallest absolute Gasteiger partial charge is 0.323 e. The molecule has 3 unspecified atom stereocenters. The third-order valence-corrected chi connectivity index (χ3v) is 2.76. The molecule has 0 radical (unpaired) electrons. The Bertz CT molecular complexity index is 268. The zero-order valence-electron chi connectivity index (χ0n) is 11.8. The predicted octanol–water partition coefficient (Wildman–Crippen LogP) is 1.78. The van der Waals surface area contributed by atoms with E-state index in [9.17, 15) is 9.59 Å². The zero-order chi connectivity index (χ0) is 14.1. The van der Waals surface area contributed by atoms with Gasteiger partial charge in [-0.3, -0.25) is 9.59 Å². The molecule has 0 heterocycles. The van der Waals surface area contributed by atoms with Crippen LogP contribution in [0.15, 0.2) is 0 Å². The zero-order valence-corrected chi connectivity index (χ0v) is 11.8. The Morgan fingerprint density at radius 3 is 2.06 bits per heavy atom. The summed E-state index contributed by atoms with van der Waals surface area (Å²) in [5.74, 6) is -0.781. The first-order valence-electron chi connectivity index (χ1n) is 6.56. The maximum Gasteiger partial charge on any atom is 0.323 e. The Kier molecular flexibility index (Phi) is 8.37. The second kappa shape index (κ2) is 8.91. The first-order valence-corrected chi connectivity index (χ1v) is 6.56. The Labute approximate surface area is 109 Å². The summed E-state index contributed by atoms with van der Waals surface area (Å²) in [4.78, 5) is 22.9. The lowest BCUT2D eigenvalue weighted by atomic mass is 10.1. The topological polar surface area (TPSA) is 78.6 Å². The van der Waals surface area contributed by atoms with E-state index in [-0.39, 0.29) is 31.0 Å². The van der Waals surface area contributed by atoms with Gasteiger partial charge in [0, 0.05) is 6.42 Å². The lowest BCUT2D eigenvalue weighted by Gasteiger charge is -2.16. The number of nitrogens with two attached hydrogens (primary N) is 1. The third-order valence-electron chi connectivity index (χ3n) is 2.76. The van der Waals surface area contributed by atoms with Crippen molar-refractivity contribution >= 4 is 11.9 Å². The van der Waals surface area contributed by atoms with Crippen LogP contribution in [-0.4, -0.2) is 30.2 Å². The minimum absolute atomic E-state index is 0.0965. The largest absolute Gasteiger partial charge is 0.463 e. The van der Waals surface area contributed by atoms with Gasteiger partial charge in [0.2, 0.25) is 0 Å². The number of esters is 2. The van der Waals surface area contributed by atoms with E-state index in [2.05, 4.69) is 0 Å². The van der Waals surface area contributed by atoms with Gasteiger partial charge in [-0.25, -0.2) is 0 Å². The first-order chi connectivity index (χ1) is 8.40. The summed E-state index contributed by atoms with van der Waals surface area (Å²) in [6.07, 6.45) is 1.67. The summed E-state index contributed by atoms with van der Waals surface area (Å²) in [6, 6.07) is -0.761. The Morgan fingerprint density at radius 2 is 1.56 bits per heavy atom. The molecule has 0 aromatic heterocycles. The molecule has 0 aliphatic rings. The maximum absolute atomic E-state index is 11.5. The van der Waals surface area contributed by atoms with Gasteiger partial charge in [0.1, 0.15) is 6.04 Å². The van der Waals surface area contributed by atoms with E-state index in [1.807, 2.05) is 27.7 Å². The number of ether oxygens (including phenoxy) is 2. The number of hydrogen-bond donors (Lipinski definition) is 1. The van der Waals surface area contributed by atoms with E-state index < -0.39 is 12.0 Å². The SMILES string of the molecule is CCC(C)OC(=O)CCC(N)C(=O)OC(C)CC. The molecule has 0 saturated carbocycles. The Hall–Kier alpha value is -1.10. The summed E-state index contributed by atoms with van der Waals surface area (Å²) < 4.78 is 10.2. The summed E-state index contributed by atoms with van der Waals surface area (Å²) in [7, 11) is 0. The molecule has 2 N–H and O–H groups in total. The van der Waals surface area contributed by atoms with Crippen LogP contribution >= 0.6 is 0 Å². The number of carbonyl (C=O) groups is 2. The van der Waals surface area contributed by atoms with Crippen LogP contribution in [0.5, 0.6) is 0 Å². The normalized spacial score (nSPS) is 15.6. The molecule has 106 valence electrons. The molecule has 0 spiro atoms. The molecule has 3 atom stereocenters. The van der Waals surface area contributed by atoms with Gasteiger partial charge in [-0.05, 0) is 33.1 Å². The van der Waals surface area contributed by atoms with Gasteiger partial charge in [0.05, 0.1) is 12.2 Å². The third kappa shape index (κ3) is 7.27. The molecule has 0 rings (SSSR count). The highest BCUT2D eigenvalue weighted by molar-refractivity contribution is 5.77. The van der Waals surface area contributed by atoms with Gasteiger partial charge in [-0.1, -0.05) is 13.8 Å². The van der Waals surface area contributed by atoms with Crippen molar-refractivity contribution in [1.82, 2.24) is 0 Å². The molecule has 0 fully saturated rings. The van der Waals surface area contributed by atoms with Crippen molar-refractivity contribution in [3.05, 3.63) is 0 Å². The van der Waals surface area contributed by atoms with Crippen LogP contribution in [0, 0.1) is 0 Å². The lowest BCUT2D eigenvalue weighted by molar-refractivity contribution is -0.151. The monoisotopic (exact) mass is 259 g/mol. The molecule has 0 bridgehead atoms. The van der Waals surface area contributed by atoms with E-state index in [4.69, 9.17) is 15.2 Å².